The summed E-state index contributed by atoms with van der Waals surface area (Å²) in [6.45, 7) is 3.44. The summed E-state index contributed by atoms with van der Waals surface area (Å²) in [6, 6.07) is 5.40. The highest BCUT2D eigenvalue weighted by Gasteiger charge is 2.13. The van der Waals surface area contributed by atoms with Gasteiger partial charge < -0.3 is 10.1 Å². The number of aromatic nitrogens is 2. The molecule has 0 saturated carbocycles. The van der Waals surface area contributed by atoms with E-state index in [0.29, 0.717) is 35.8 Å². The van der Waals surface area contributed by atoms with Gasteiger partial charge in [-0.1, -0.05) is 34.6 Å². The molecular formula is C16H20BrN3O3S. The number of hydrogen-bond donors (Lipinski definition) is 1. The summed E-state index contributed by atoms with van der Waals surface area (Å²) in [4.78, 5) is 29.1. The number of thioether (sulfide) groups is 1. The molecule has 0 fully saturated rings. The fraction of sp³-hybridized carbons (Fsp3) is 0.438. The number of benzene rings is 1. The first kappa shape index (κ1) is 19.0. The zero-order valence-corrected chi connectivity index (χ0v) is 16.1. The Bertz CT molecular complexity index is 779. The van der Waals surface area contributed by atoms with E-state index in [1.807, 2.05) is 13.0 Å². The van der Waals surface area contributed by atoms with Crippen LogP contribution in [-0.4, -0.2) is 41.5 Å². The largest absolute Gasteiger partial charge is 0.383 e. The molecule has 2 rings (SSSR count). The number of amides is 1. The van der Waals surface area contributed by atoms with Gasteiger partial charge in [0.15, 0.2) is 5.16 Å². The average Bonchev–Trinajstić information content (AvgIpc) is 2.58. The second kappa shape index (κ2) is 9.19. The van der Waals surface area contributed by atoms with Gasteiger partial charge in [0.25, 0.3) is 5.56 Å². The highest BCUT2D eigenvalue weighted by molar-refractivity contribution is 9.10. The Labute approximate surface area is 153 Å². The first-order valence-electron chi connectivity index (χ1n) is 7.65. The van der Waals surface area contributed by atoms with Crippen LogP contribution in [0.4, 0.5) is 0 Å². The van der Waals surface area contributed by atoms with Gasteiger partial charge >= 0.3 is 0 Å². The van der Waals surface area contributed by atoms with E-state index in [-0.39, 0.29) is 17.2 Å². The minimum atomic E-state index is -0.130. The van der Waals surface area contributed by atoms with Crippen LogP contribution in [0.15, 0.2) is 32.6 Å². The predicted octanol–water partition coefficient (Wildman–Crippen LogP) is 2.42. The molecule has 0 aliphatic heterocycles. The number of carbonyl (C=O) groups is 1. The Morgan fingerprint density at radius 3 is 2.96 bits per heavy atom. The second-order valence-corrected chi connectivity index (χ2v) is 7.00. The van der Waals surface area contributed by atoms with Gasteiger partial charge in [0.05, 0.1) is 29.8 Å². The molecule has 2 aromatic rings. The van der Waals surface area contributed by atoms with Crippen molar-refractivity contribution in [1.82, 2.24) is 14.9 Å². The monoisotopic (exact) mass is 413 g/mol. The van der Waals surface area contributed by atoms with Gasteiger partial charge in [-0.3, -0.25) is 14.2 Å². The molecule has 1 N–H and O–H groups in total. The van der Waals surface area contributed by atoms with Crippen molar-refractivity contribution in [1.29, 1.82) is 0 Å². The summed E-state index contributed by atoms with van der Waals surface area (Å²) >= 11 is 4.64. The highest BCUT2D eigenvalue weighted by atomic mass is 79.9. The maximum atomic E-state index is 12.8. The van der Waals surface area contributed by atoms with Crippen LogP contribution in [0.5, 0.6) is 0 Å². The lowest BCUT2D eigenvalue weighted by Crippen LogP contribution is -2.28. The summed E-state index contributed by atoms with van der Waals surface area (Å²) in [5.74, 6) is 0.159. The Kier molecular flexibility index (Phi) is 7.26. The van der Waals surface area contributed by atoms with Crippen LogP contribution in [0.1, 0.15) is 13.3 Å². The molecule has 0 spiro atoms. The van der Waals surface area contributed by atoms with Crippen LogP contribution >= 0.6 is 27.7 Å². The molecule has 0 saturated heterocycles. The number of hydrogen-bond acceptors (Lipinski definition) is 5. The van der Waals surface area contributed by atoms with Crippen molar-refractivity contribution < 1.29 is 9.53 Å². The van der Waals surface area contributed by atoms with E-state index >= 15 is 0 Å². The molecule has 0 aliphatic rings. The Balaban J connectivity index is 2.33. The zero-order chi connectivity index (χ0) is 17.5. The maximum absolute atomic E-state index is 12.8. The van der Waals surface area contributed by atoms with Crippen molar-refractivity contribution in [3.63, 3.8) is 0 Å². The summed E-state index contributed by atoms with van der Waals surface area (Å²) in [6.07, 6.45) is 0.887. The van der Waals surface area contributed by atoms with Gasteiger partial charge in [-0.15, -0.1) is 0 Å². The van der Waals surface area contributed by atoms with Crippen molar-refractivity contribution in [2.45, 2.75) is 25.0 Å². The molecule has 0 bridgehead atoms. The number of fused-ring (bicyclic) bond motifs is 1. The van der Waals surface area contributed by atoms with Crippen LogP contribution in [0.2, 0.25) is 0 Å². The van der Waals surface area contributed by atoms with Crippen LogP contribution in [0, 0.1) is 0 Å². The molecule has 8 heteroatoms. The molecule has 24 heavy (non-hydrogen) atoms. The number of nitrogens with zero attached hydrogens (tertiary/aromatic N) is 2. The van der Waals surface area contributed by atoms with Gasteiger partial charge in [0, 0.05) is 18.1 Å². The van der Waals surface area contributed by atoms with E-state index in [2.05, 4.69) is 26.2 Å². The predicted molar refractivity (Wildman–Crippen MR) is 99.6 cm³/mol. The van der Waals surface area contributed by atoms with E-state index in [9.17, 15) is 9.59 Å². The first-order chi connectivity index (χ1) is 11.6. The topological polar surface area (TPSA) is 73.2 Å². The molecule has 1 aromatic heterocycles. The van der Waals surface area contributed by atoms with Gasteiger partial charge in [-0.05, 0) is 24.6 Å². The molecule has 130 valence electrons. The molecule has 0 aliphatic carbocycles. The van der Waals surface area contributed by atoms with Gasteiger partial charge in [0.1, 0.15) is 0 Å². The standard InChI is InChI=1S/C16H20BrN3O3S/c1-3-6-18-14(21)10-24-16-19-13-5-4-11(17)9-12(13)15(22)20(16)7-8-23-2/h4-5,9H,3,6-8,10H2,1-2H3,(H,18,21). The van der Waals surface area contributed by atoms with Crippen molar-refractivity contribution in [2.24, 2.45) is 0 Å². The van der Waals surface area contributed by atoms with Crippen molar-refractivity contribution in [3.05, 3.63) is 33.0 Å². The van der Waals surface area contributed by atoms with E-state index in [0.717, 1.165) is 10.9 Å². The minimum absolute atomic E-state index is 0.0645. The maximum Gasteiger partial charge on any atom is 0.262 e. The number of methoxy groups -OCH3 is 1. The molecule has 1 amide bonds. The van der Waals surface area contributed by atoms with Crippen LogP contribution in [0.25, 0.3) is 10.9 Å². The van der Waals surface area contributed by atoms with Crippen LogP contribution in [0.3, 0.4) is 0 Å². The molecule has 6 nitrogen and oxygen atoms in total. The fourth-order valence-corrected chi connectivity index (χ4v) is 3.32. The quantitative estimate of drug-likeness (QED) is 0.531. The number of ether oxygens (including phenoxy) is 1. The van der Waals surface area contributed by atoms with Gasteiger partial charge in [-0.25, -0.2) is 4.98 Å². The lowest BCUT2D eigenvalue weighted by molar-refractivity contribution is -0.118. The molecule has 1 heterocycles. The summed E-state index contributed by atoms with van der Waals surface area (Å²) < 4.78 is 7.48. The number of halogens is 1. The van der Waals surface area contributed by atoms with E-state index < -0.39 is 0 Å². The van der Waals surface area contributed by atoms with Crippen molar-refractivity contribution in [2.75, 3.05) is 26.0 Å². The Morgan fingerprint density at radius 2 is 2.25 bits per heavy atom. The number of nitrogens with one attached hydrogen (secondary N) is 1. The zero-order valence-electron chi connectivity index (χ0n) is 13.7. The molecule has 0 radical (unpaired) electrons. The number of carbonyl (C=O) groups excluding carboxylic acids is 1. The third-order valence-electron chi connectivity index (χ3n) is 3.30. The molecule has 0 atom stereocenters. The molecular weight excluding hydrogens is 394 g/mol. The SMILES string of the molecule is CCCNC(=O)CSc1nc2ccc(Br)cc2c(=O)n1CCOC. The Morgan fingerprint density at radius 1 is 1.46 bits per heavy atom. The average molecular weight is 414 g/mol. The summed E-state index contributed by atoms with van der Waals surface area (Å²) in [5.41, 5.74) is 0.489. The van der Waals surface area contributed by atoms with Gasteiger partial charge in [0.2, 0.25) is 5.91 Å². The Hall–Kier alpha value is -1.38. The van der Waals surface area contributed by atoms with Gasteiger partial charge in [-0.2, -0.15) is 0 Å². The van der Waals surface area contributed by atoms with Crippen molar-refractivity contribution >= 4 is 44.5 Å². The second-order valence-electron chi connectivity index (χ2n) is 5.14. The molecule has 0 unspecified atom stereocenters. The van der Waals surface area contributed by atoms with E-state index in [1.165, 1.54) is 11.8 Å². The first-order valence-corrected chi connectivity index (χ1v) is 9.43. The van der Waals surface area contributed by atoms with Crippen LogP contribution < -0.4 is 10.9 Å². The number of rotatable bonds is 8. The lowest BCUT2D eigenvalue weighted by Gasteiger charge is -2.13. The fourth-order valence-electron chi connectivity index (χ4n) is 2.11. The third-order valence-corrected chi connectivity index (χ3v) is 4.77. The molecule has 1 aromatic carbocycles. The van der Waals surface area contributed by atoms with E-state index in [4.69, 9.17) is 4.74 Å². The van der Waals surface area contributed by atoms with Crippen molar-refractivity contribution in [3.8, 4) is 0 Å². The smallest absolute Gasteiger partial charge is 0.262 e. The third kappa shape index (κ3) is 4.81. The summed E-state index contributed by atoms with van der Waals surface area (Å²) in [5, 5.41) is 3.89. The lowest BCUT2D eigenvalue weighted by atomic mass is 10.2. The minimum Gasteiger partial charge on any atom is -0.383 e. The summed E-state index contributed by atoms with van der Waals surface area (Å²) in [7, 11) is 1.58. The highest BCUT2D eigenvalue weighted by Crippen LogP contribution is 2.20. The normalized spacial score (nSPS) is 11.0. The van der Waals surface area contributed by atoms with Crippen LogP contribution in [-0.2, 0) is 16.1 Å². The van der Waals surface area contributed by atoms with E-state index in [1.54, 1.807) is 23.8 Å².